The van der Waals surface area contributed by atoms with Gasteiger partial charge in [0.1, 0.15) is 11.5 Å². The van der Waals surface area contributed by atoms with Gasteiger partial charge in [0.15, 0.2) is 5.82 Å². The van der Waals surface area contributed by atoms with Gasteiger partial charge in [-0.2, -0.15) is 0 Å². The van der Waals surface area contributed by atoms with Crippen LogP contribution in [0.2, 0.25) is 0 Å². The van der Waals surface area contributed by atoms with Crippen LogP contribution in [0.1, 0.15) is 12.8 Å². The van der Waals surface area contributed by atoms with Crippen molar-refractivity contribution in [3.8, 4) is 22.8 Å². The molecule has 1 aliphatic heterocycles. The predicted octanol–water partition coefficient (Wildman–Crippen LogP) is 2.41. The molecule has 26 heavy (non-hydrogen) atoms. The average molecular weight is 347 g/mol. The Balaban J connectivity index is 1.64. The molecule has 7 heteroatoms. The summed E-state index contributed by atoms with van der Waals surface area (Å²) in [6.45, 7) is 3.05. The molecule has 4 rings (SSSR count). The van der Waals surface area contributed by atoms with Crippen LogP contribution in [0.25, 0.3) is 22.8 Å². The molecule has 4 heterocycles. The fourth-order valence-electron chi connectivity index (χ4n) is 3.08. The molecule has 1 saturated heterocycles. The van der Waals surface area contributed by atoms with Crippen LogP contribution in [0.4, 0.5) is 5.82 Å². The van der Waals surface area contributed by atoms with Crippen LogP contribution >= 0.6 is 0 Å². The van der Waals surface area contributed by atoms with Gasteiger partial charge in [0.05, 0.1) is 11.9 Å². The van der Waals surface area contributed by atoms with Crippen molar-refractivity contribution in [2.75, 3.05) is 25.0 Å². The van der Waals surface area contributed by atoms with Crippen LogP contribution in [0.3, 0.4) is 0 Å². The first-order valence-corrected chi connectivity index (χ1v) is 8.89. The van der Waals surface area contributed by atoms with E-state index in [1.165, 1.54) is 12.8 Å². The highest BCUT2D eigenvalue weighted by Crippen LogP contribution is 2.23. The minimum Gasteiger partial charge on any atom is -0.370 e. The first-order chi connectivity index (χ1) is 12.9. The number of hydrogen-bond acceptors (Lipinski definition) is 7. The summed E-state index contributed by atoms with van der Waals surface area (Å²) < 4.78 is 0. The van der Waals surface area contributed by atoms with Crippen LogP contribution in [0.5, 0.6) is 0 Å². The highest BCUT2D eigenvalue weighted by molar-refractivity contribution is 5.65. The number of anilines is 1. The molecule has 1 unspecified atom stereocenters. The van der Waals surface area contributed by atoms with Crippen molar-refractivity contribution in [2.45, 2.75) is 12.8 Å². The highest BCUT2D eigenvalue weighted by atomic mass is 15.0. The van der Waals surface area contributed by atoms with Crippen molar-refractivity contribution < 1.29 is 0 Å². The fourth-order valence-corrected chi connectivity index (χ4v) is 3.08. The maximum atomic E-state index is 4.67. The number of rotatable bonds is 5. The first kappa shape index (κ1) is 16.5. The van der Waals surface area contributed by atoms with Crippen molar-refractivity contribution in [1.82, 2.24) is 30.2 Å². The Morgan fingerprint density at radius 1 is 1.04 bits per heavy atom. The van der Waals surface area contributed by atoms with Crippen molar-refractivity contribution in [1.29, 1.82) is 0 Å². The number of hydrogen-bond donors (Lipinski definition) is 2. The third-order valence-electron chi connectivity index (χ3n) is 4.47. The predicted molar refractivity (Wildman–Crippen MR) is 100 cm³/mol. The SMILES string of the molecule is c1cc(-c2cc(NCC3CCCNC3)nc(-c3cnccn3)n2)ccn1. The minimum atomic E-state index is 0.566. The summed E-state index contributed by atoms with van der Waals surface area (Å²) in [6, 6.07) is 5.86. The molecule has 7 nitrogen and oxygen atoms in total. The van der Waals surface area contributed by atoms with E-state index in [2.05, 4.69) is 35.6 Å². The van der Waals surface area contributed by atoms with E-state index in [4.69, 9.17) is 0 Å². The lowest BCUT2D eigenvalue weighted by molar-refractivity contribution is 0.392. The molecule has 0 bridgehead atoms. The second-order valence-corrected chi connectivity index (χ2v) is 6.38. The van der Waals surface area contributed by atoms with Gasteiger partial charge in [-0.3, -0.25) is 9.97 Å². The largest absolute Gasteiger partial charge is 0.370 e. The van der Waals surface area contributed by atoms with E-state index in [9.17, 15) is 0 Å². The van der Waals surface area contributed by atoms with Gasteiger partial charge in [-0.15, -0.1) is 0 Å². The van der Waals surface area contributed by atoms with E-state index in [1.54, 1.807) is 31.0 Å². The summed E-state index contributed by atoms with van der Waals surface area (Å²) in [5.74, 6) is 1.98. The molecule has 3 aromatic heterocycles. The van der Waals surface area contributed by atoms with Crippen molar-refractivity contribution in [2.24, 2.45) is 5.92 Å². The monoisotopic (exact) mass is 347 g/mol. The summed E-state index contributed by atoms with van der Waals surface area (Å²) in [5.41, 5.74) is 2.49. The second kappa shape index (κ2) is 7.97. The Bertz CT molecular complexity index is 775. The summed E-state index contributed by atoms with van der Waals surface area (Å²) in [5, 5.41) is 6.93. The van der Waals surface area contributed by atoms with Gasteiger partial charge in [0.25, 0.3) is 0 Å². The molecule has 1 aliphatic rings. The fraction of sp³-hybridized carbons (Fsp3) is 0.316. The minimum absolute atomic E-state index is 0.566. The number of piperidine rings is 1. The topological polar surface area (TPSA) is 88.5 Å². The van der Waals surface area contributed by atoms with Gasteiger partial charge in [-0.1, -0.05) is 0 Å². The van der Waals surface area contributed by atoms with E-state index in [-0.39, 0.29) is 0 Å². The van der Waals surface area contributed by atoms with Crippen LogP contribution in [0.15, 0.2) is 49.2 Å². The quantitative estimate of drug-likeness (QED) is 0.732. The Labute approximate surface area is 152 Å². The third-order valence-corrected chi connectivity index (χ3v) is 4.47. The molecule has 0 saturated carbocycles. The van der Waals surface area contributed by atoms with E-state index in [0.29, 0.717) is 17.4 Å². The molecule has 0 aliphatic carbocycles. The van der Waals surface area contributed by atoms with E-state index in [0.717, 1.165) is 36.7 Å². The Morgan fingerprint density at radius 3 is 2.73 bits per heavy atom. The smallest absolute Gasteiger partial charge is 0.182 e. The Hall–Kier alpha value is -2.93. The number of nitrogens with zero attached hydrogens (tertiary/aromatic N) is 5. The molecule has 0 radical (unpaired) electrons. The molecule has 132 valence electrons. The summed E-state index contributed by atoms with van der Waals surface area (Å²) >= 11 is 0. The maximum Gasteiger partial charge on any atom is 0.182 e. The molecule has 0 aromatic carbocycles. The molecule has 0 amide bonds. The number of nitrogens with one attached hydrogen (secondary N) is 2. The van der Waals surface area contributed by atoms with Gasteiger partial charge in [0, 0.05) is 43.0 Å². The Kier molecular flexibility index (Phi) is 5.07. The lowest BCUT2D eigenvalue weighted by Crippen LogP contribution is -2.33. The molecule has 1 atom stereocenters. The van der Waals surface area contributed by atoms with Gasteiger partial charge < -0.3 is 10.6 Å². The highest BCUT2D eigenvalue weighted by Gasteiger charge is 2.14. The lowest BCUT2D eigenvalue weighted by atomic mass is 10.00. The van der Waals surface area contributed by atoms with Crippen LogP contribution < -0.4 is 10.6 Å². The van der Waals surface area contributed by atoms with Crippen LogP contribution in [-0.4, -0.2) is 44.6 Å². The lowest BCUT2D eigenvalue weighted by Gasteiger charge is -2.23. The van der Waals surface area contributed by atoms with Gasteiger partial charge >= 0.3 is 0 Å². The normalized spacial score (nSPS) is 17.0. The molecule has 2 N–H and O–H groups in total. The maximum absolute atomic E-state index is 4.67. The van der Waals surface area contributed by atoms with Gasteiger partial charge in [-0.05, 0) is 44.0 Å². The average Bonchev–Trinajstić information content (AvgIpc) is 2.74. The number of aromatic nitrogens is 5. The molecule has 1 fully saturated rings. The van der Waals surface area contributed by atoms with Crippen LogP contribution in [-0.2, 0) is 0 Å². The van der Waals surface area contributed by atoms with Crippen molar-refractivity contribution in [3.63, 3.8) is 0 Å². The summed E-state index contributed by atoms with van der Waals surface area (Å²) in [4.78, 5) is 21.9. The van der Waals surface area contributed by atoms with Gasteiger partial charge in [0.2, 0.25) is 0 Å². The Morgan fingerprint density at radius 2 is 1.96 bits per heavy atom. The molecular formula is C19H21N7. The standard InChI is InChI=1S/C19H21N7/c1-2-14(11-21-5-1)12-24-18-10-16(15-3-6-20-7-4-15)25-19(26-18)17-13-22-8-9-23-17/h3-4,6-10,13-14,21H,1-2,5,11-12H2,(H,24,25,26). The summed E-state index contributed by atoms with van der Waals surface area (Å²) in [7, 11) is 0. The van der Waals surface area contributed by atoms with Gasteiger partial charge in [-0.25, -0.2) is 15.0 Å². The van der Waals surface area contributed by atoms with E-state index < -0.39 is 0 Å². The molecule has 0 spiro atoms. The zero-order chi connectivity index (χ0) is 17.6. The number of pyridine rings is 1. The van der Waals surface area contributed by atoms with Crippen molar-refractivity contribution in [3.05, 3.63) is 49.2 Å². The third kappa shape index (κ3) is 4.00. The van der Waals surface area contributed by atoms with Crippen molar-refractivity contribution >= 4 is 5.82 Å². The molecular weight excluding hydrogens is 326 g/mol. The first-order valence-electron chi connectivity index (χ1n) is 8.89. The summed E-state index contributed by atoms with van der Waals surface area (Å²) in [6.07, 6.45) is 11.0. The van der Waals surface area contributed by atoms with E-state index >= 15 is 0 Å². The zero-order valence-electron chi connectivity index (χ0n) is 14.5. The van der Waals surface area contributed by atoms with Crippen LogP contribution in [0, 0.1) is 5.92 Å². The second-order valence-electron chi connectivity index (χ2n) is 6.38. The van der Waals surface area contributed by atoms with E-state index in [1.807, 2.05) is 18.2 Å². The zero-order valence-corrected chi connectivity index (χ0v) is 14.5. The molecule has 3 aromatic rings.